The van der Waals surface area contributed by atoms with E-state index in [1.165, 1.54) is 0 Å². The third-order valence-electron chi connectivity index (χ3n) is 4.89. The van der Waals surface area contributed by atoms with E-state index in [1.807, 2.05) is 62.4 Å². The van der Waals surface area contributed by atoms with E-state index in [-0.39, 0.29) is 0 Å². The molecule has 0 aliphatic carbocycles. The zero-order valence-electron chi connectivity index (χ0n) is 16.9. The van der Waals surface area contributed by atoms with Gasteiger partial charge >= 0.3 is 0 Å². The van der Waals surface area contributed by atoms with Gasteiger partial charge in [-0.2, -0.15) is 0 Å². The normalized spacial score (nSPS) is 10.7. The van der Waals surface area contributed by atoms with Crippen LogP contribution in [0.15, 0.2) is 79.0 Å². The summed E-state index contributed by atoms with van der Waals surface area (Å²) in [6.45, 7) is 4.48. The standard InChI is InChI=1S/C25H22N2O3/c1-3-30-21-13-11-19(12-14-21)26-25(29)24(28)23-22(18-9-7-17(2)8-10-18)16-20-6-4-5-15-27(20)23/h4-16H,3H2,1-2H3,(H,26,29). The maximum absolute atomic E-state index is 13.2. The lowest BCUT2D eigenvalue weighted by Gasteiger charge is -2.09. The number of nitrogens with one attached hydrogen (secondary N) is 1. The number of carbonyl (C=O) groups is 2. The lowest BCUT2D eigenvalue weighted by molar-refractivity contribution is -0.112. The molecule has 0 spiro atoms. The number of fused-ring (bicyclic) bond motifs is 1. The number of aryl methyl sites for hydroxylation is 1. The molecule has 150 valence electrons. The van der Waals surface area contributed by atoms with Crippen molar-refractivity contribution in [1.29, 1.82) is 0 Å². The molecule has 0 fully saturated rings. The van der Waals surface area contributed by atoms with Crippen LogP contribution in [-0.2, 0) is 4.79 Å². The molecule has 0 saturated carbocycles. The number of aromatic nitrogens is 1. The van der Waals surface area contributed by atoms with Crippen LogP contribution in [0.2, 0.25) is 0 Å². The molecule has 0 unspecified atom stereocenters. The average Bonchev–Trinajstić information content (AvgIpc) is 3.14. The predicted octanol–water partition coefficient (Wildman–Crippen LogP) is 5.13. The first-order valence-corrected chi connectivity index (χ1v) is 9.82. The molecule has 0 bridgehead atoms. The van der Waals surface area contributed by atoms with E-state index in [2.05, 4.69) is 5.32 Å². The van der Waals surface area contributed by atoms with Gasteiger partial charge in [-0.1, -0.05) is 35.9 Å². The van der Waals surface area contributed by atoms with Crippen LogP contribution in [0.3, 0.4) is 0 Å². The topological polar surface area (TPSA) is 59.8 Å². The van der Waals surface area contributed by atoms with Crippen LogP contribution in [0, 0.1) is 6.92 Å². The minimum absolute atomic E-state index is 0.345. The fourth-order valence-electron chi connectivity index (χ4n) is 3.41. The summed E-state index contributed by atoms with van der Waals surface area (Å²) in [5.74, 6) is -0.567. The van der Waals surface area contributed by atoms with Crippen molar-refractivity contribution < 1.29 is 14.3 Å². The number of amides is 1. The van der Waals surface area contributed by atoms with Gasteiger partial charge in [0, 0.05) is 23.0 Å². The van der Waals surface area contributed by atoms with Crippen molar-refractivity contribution in [3.8, 4) is 16.9 Å². The van der Waals surface area contributed by atoms with Gasteiger partial charge in [-0.25, -0.2) is 0 Å². The van der Waals surface area contributed by atoms with E-state index in [9.17, 15) is 9.59 Å². The van der Waals surface area contributed by atoms with E-state index in [1.54, 1.807) is 34.9 Å². The highest BCUT2D eigenvalue weighted by molar-refractivity contribution is 6.47. The Morgan fingerprint density at radius 2 is 1.70 bits per heavy atom. The smallest absolute Gasteiger partial charge is 0.298 e. The number of hydrogen-bond acceptors (Lipinski definition) is 3. The maximum atomic E-state index is 13.2. The number of anilines is 1. The Kier molecular flexibility index (Phi) is 5.35. The van der Waals surface area contributed by atoms with Gasteiger partial charge in [-0.3, -0.25) is 9.59 Å². The maximum Gasteiger partial charge on any atom is 0.298 e. The van der Waals surface area contributed by atoms with Crippen LogP contribution in [0.25, 0.3) is 16.6 Å². The second-order valence-electron chi connectivity index (χ2n) is 7.01. The summed E-state index contributed by atoms with van der Waals surface area (Å²) >= 11 is 0. The summed E-state index contributed by atoms with van der Waals surface area (Å²) in [4.78, 5) is 26.0. The molecule has 0 radical (unpaired) electrons. The van der Waals surface area contributed by atoms with Gasteiger partial charge in [0.1, 0.15) is 11.4 Å². The molecule has 30 heavy (non-hydrogen) atoms. The van der Waals surface area contributed by atoms with E-state index in [4.69, 9.17) is 4.74 Å². The van der Waals surface area contributed by atoms with Crippen LogP contribution in [0.4, 0.5) is 5.69 Å². The number of pyridine rings is 1. The Morgan fingerprint density at radius 1 is 0.967 bits per heavy atom. The Morgan fingerprint density at radius 3 is 2.40 bits per heavy atom. The first-order chi connectivity index (χ1) is 14.6. The molecule has 2 heterocycles. The van der Waals surface area contributed by atoms with Gasteiger partial charge in [0.2, 0.25) is 0 Å². The van der Waals surface area contributed by atoms with Crippen LogP contribution in [-0.4, -0.2) is 22.7 Å². The van der Waals surface area contributed by atoms with E-state index < -0.39 is 11.7 Å². The van der Waals surface area contributed by atoms with Crippen LogP contribution in [0.5, 0.6) is 5.75 Å². The minimum Gasteiger partial charge on any atom is -0.494 e. The van der Waals surface area contributed by atoms with Crippen molar-refractivity contribution in [2.45, 2.75) is 13.8 Å². The molecule has 1 amide bonds. The average molecular weight is 398 g/mol. The number of benzene rings is 2. The summed E-state index contributed by atoms with van der Waals surface area (Å²) < 4.78 is 7.17. The van der Waals surface area contributed by atoms with Crippen molar-refractivity contribution in [3.05, 3.63) is 90.3 Å². The van der Waals surface area contributed by atoms with E-state index in [0.717, 1.165) is 22.2 Å². The Hall–Kier alpha value is -3.86. The van der Waals surface area contributed by atoms with Crippen LogP contribution >= 0.6 is 0 Å². The molecular weight excluding hydrogens is 376 g/mol. The number of nitrogens with zero attached hydrogens (tertiary/aromatic N) is 1. The van der Waals surface area contributed by atoms with Gasteiger partial charge in [-0.05, 0) is 61.9 Å². The van der Waals surface area contributed by atoms with Crippen molar-refractivity contribution in [1.82, 2.24) is 4.40 Å². The van der Waals surface area contributed by atoms with Crippen molar-refractivity contribution in [2.24, 2.45) is 0 Å². The molecule has 0 saturated heterocycles. The molecule has 4 aromatic rings. The Balaban J connectivity index is 1.69. The number of ether oxygens (including phenoxy) is 1. The number of Topliss-reactive ketones (excluding diaryl/α,β-unsaturated/α-hetero) is 1. The van der Waals surface area contributed by atoms with Gasteiger partial charge in [0.15, 0.2) is 0 Å². The first-order valence-electron chi connectivity index (χ1n) is 9.82. The third-order valence-corrected chi connectivity index (χ3v) is 4.89. The Bertz CT molecular complexity index is 1210. The lowest BCUT2D eigenvalue weighted by Crippen LogP contribution is -2.24. The zero-order chi connectivity index (χ0) is 21.1. The zero-order valence-corrected chi connectivity index (χ0v) is 16.9. The fraction of sp³-hybridized carbons (Fsp3) is 0.120. The molecular formula is C25H22N2O3. The number of rotatable bonds is 6. The second-order valence-corrected chi connectivity index (χ2v) is 7.01. The fourth-order valence-corrected chi connectivity index (χ4v) is 3.41. The summed E-state index contributed by atoms with van der Waals surface area (Å²) in [6, 6.07) is 22.5. The number of hydrogen-bond donors (Lipinski definition) is 1. The van der Waals surface area contributed by atoms with E-state index >= 15 is 0 Å². The second kappa shape index (κ2) is 8.25. The predicted molar refractivity (Wildman–Crippen MR) is 118 cm³/mol. The van der Waals surface area contributed by atoms with Gasteiger partial charge in [0.05, 0.1) is 6.61 Å². The molecule has 1 N–H and O–H groups in total. The number of ketones is 1. The highest BCUT2D eigenvalue weighted by atomic mass is 16.5. The SMILES string of the molecule is CCOc1ccc(NC(=O)C(=O)c2c(-c3ccc(C)cc3)cc3ccccn23)cc1. The summed E-state index contributed by atoms with van der Waals surface area (Å²) in [6.07, 6.45) is 1.80. The largest absolute Gasteiger partial charge is 0.494 e. The van der Waals surface area contributed by atoms with Crippen LogP contribution < -0.4 is 10.1 Å². The minimum atomic E-state index is -0.684. The summed E-state index contributed by atoms with van der Waals surface area (Å²) in [5.41, 5.74) is 4.48. The molecule has 4 rings (SSSR count). The molecule has 2 aromatic heterocycles. The van der Waals surface area contributed by atoms with Crippen molar-refractivity contribution >= 4 is 22.9 Å². The molecule has 5 nitrogen and oxygen atoms in total. The van der Waals surface area contributed by atoms with Gasteiger partial charge in [0.25, 0.3) is 11.7 Å². The third kappa shape index (κ3) is 3.82. The lowest BCUT2D eigenvalue weighted by atomic mass is 10.0. The molecule has 2 aromatic carbocycles. The molecule has 0 atom stereocenters. The number of carbonyl (C=O) groups excluding carboxylic acids is 2. The van der Waals surface area contributed by atoms with Gasteiger partial charge in [-0.15, -0.1) is 0 Å². The first kappa shape index (κ1) is 19.5. The monoisotopic (exact) mass is 398 g/mol. The summed E-state index contributed by atoms with van der Waals surface area (Å²) in [5, 5.41) is 2.69. The van der Waals surface area contributed by atoms with Crippen LogP contribution in [0.1, 0.15) is 23.0 Å². The Labute approximate surface area is 174 Å². The van der Waals surface area contributed by atoms with Crippen molar-refractivity contribution in [3.63, 3.8) is 0 Å². The van der Waals surface area contributed by atoms with Gasteiger partial charge < -0.3 is 14.5 Å². The molecule has 5 heteroatoms. The van der Waals surface area contributed by atoms with E-state index in [0.29, 0.717) is 23.7 Å². The highest BCUT2D eigenvalue weighted by Crippen LogP contribution is 2.29. The summed E-state index contributed by atoms with van der Waals surface area (Å²) in [7, 11) is 0. The highest BCUT2D eigenvalue weighted by Gasteiger charge is 2.24. The molecule has 0 aliphatic heterocycles. The molecule has 0 aliphatic rings. The quantitative estimate of drug-likeness (QED) is 0.362. The van der Waals surface area contributed by atoms with Crippen molar-refractivity contribution in [2.75, 3.05) is 11.9 Å².